The lowest BCUT2D eigenvalue weighted by atomic mass is 10.00. The lowest BCUT2D eigenvalue weighted by Gasteiger charge is -2.21. The Balaban J connectivity index is 1.96. The number of halogens is 1. The first-order valence-electron chi connectivity index (χ1n) is 5.64. The topological polar surface area (TPSA) is 26.3 Å². The van der Waals surface area contributed by atoms with Crippen LogP contribution < -0.4 is 0 Å². The molecule has 2 rings (SSSR count). The Labute approximate surface area is 94.4 Å². The van der Waals surface area contributed by atoms with E-state index in [0.29, 0.717) is 6.61 Å². The normalized spacial score (nSPS) is 20.7. The number of benzene rings is 1. The molecular weight excluding hydrogens is 207 g/mol. The van der Waals surface area contributed by atoms with E-state index in [9.17, 15) is 9.18 Å². The molecule has 1 heterocycles. The first-order chi connectivity index (χ1) is 7.75. The van der Waals surface area contributed by atoms with E-state index in [1.807, 2.05) is 0 Å². The van der Waals surface area contributed by atoms with E-state index >= 15 is 0 Å². The SMILES string of the molecule is O=C(Cc1cccc(F)c1)C1CCCCO1. The predicted molar refractivity (Wildman–Crippen MR) is 58.7 cm³/mol. The van der Waals surface area contributed by atoms with Crippen LogP contribution >= 0.6 is 0 Å². The van der Waals surface area contributed by atoms with Crippen LogP contribution in [0.15, 0.2) is 24.3 Å². The molecule has 1 fully saturated rings. The van der Waals surface area contributed by atoms with Crippen molar-refractivity contribution in [1.82, 2.24) is 0 Å². The minimum atomic E-state index is -0.296. The third-order valence-corrected chi connectivity index (χ3v) is 2.81. The number of ether oxygens (including phenoxy) is 1. The van der Waals surface area contributed by atoms with Gasteiger partial charge in [-0.25, -0.2) is 4.39 Å². The summed E-state index contributed by atoms with van der Waals surface area (Å²) in [5.41, 5.74) is 0.721. The summed E-state index contributed by atoms with van der Waals surface area (Å²) in [6, 6.07) is 6.18. The maximum Gasteiger partial charge on any atom is 0.165 e. The maximum absolute atomic E-state index is 12.9. The molecule has 1 aromatic carbocycles. The predicted octanol–water partition coefficient (Wildman–Crippen LogP) is 2.51. The Morgan fingerprint density at radius 1 is 1.44 bits per heavy atom. The van der Waals surface area contributed by atoms with Gasteiger partial charge >= 0.3 is 0 Å². The van der Waals surface area contributed by atoms with Gasteiger partial charge in [0.2, 0.25) is 0 Å². The minimum Gasteiger partial charge on any atom is -0.370 e. The van der Waals surface area contributed by atoms with Crippen molar-refractivity contribution in [3.63, 3.8) is 0 Å². The van der Waals surface area contributed by atoms with Gasteiger partial charge in [0.25, 0.3) is 0 Å². The van der Waals surface area contributed by atoms with Crippen LogP contribution in [-0.2, 0) is 16.0 Å². The van der Waals surface area contributed by atoms with Crippen molar-refractivity contribution >= 4 is 5.78 Å². The Morgan fingerprint density at radius 3 is 3.00 bits per heavy atom. The zero-order chi connectivity index (χ0) is 11.4. The highest BCUT2D eigenvalue weighted by atomic mass is 19.1. The highest BCUT2D eigenvalue weighted by Gasteiger charge is 2.21. The zero-order valence-corrected chi connectivity index (χ0v) is 9.12. The van der Waals surface area contributed by atoms with Gasteiger partial charge in [-0.15, -0.1) is 0 Å². The van der Waals surface area contributed by atoms with Crippen LogP contribution in [0.5, 0.6) is 0 Å². The molecule has 0 radical (unpaired) electrons. The van der Waals surface area contributed by atoms with Crippen molar-refractivity contribution in [2.75, 3.05) is 6.61 Å². The Morgan fingerprint density at radius 2 is 2.31 bits per heavy atom. The van der Waals surface area contributed by atoms with Crippen molar-refractivity contribution in [1.29, 1.82) is 0 Å². The lowest BCUT2D eigenvalue weighted by Crippen LogP contribution is -2.29. The molecule has 1 aliphatic heterocycles. The van der Waals surface area contributed by atoms with E-state index in [2.05, 4.69) is 0 Å². The summed E-state index contributed by atoms with van der Waals surface area (Å²) in [6.45, 7) is 0.666. The number of Topliss-reactive ketones (excluding diaryl/α,β-unsaturated/α-hetero) is 1. The number of rotatable bonds is 3. The fourth-order valence-electron chi connectivity index (χ4n) is 1.96. The second-order valence-electron chi connectivity index (χ2n) is 4.13. The van der Waals surface area contributed by atoms with Crippen LogP contribution in [0.1, 0.15) is 24.8 Å². The van der Waals surface area contributed by atoms with Crippen molar-refractivity contribution in [3.8, 4) is 0 Å². The molecule has 0 spiro atoms. The van der Waals surface area contributed by atoms with Crippen LogP contribution in [0.3, 0.4) is 0 Å². The Hall–Kier alpha value is -1.22. The second kappa shape index (κ2) is 5.21. The van der Waals surface area contributed by atoms with Gasteiger partial charge in [-0.05, 0) is 37.0 Å². The first kappa shape index (κ1) is 11.3. The number of ketones is 1. The molecule has 1 aliphatic rings. The molecule has 0 saturated carbocycles. The average molecular weight is 222 g/mol. The van der Waals surface area contributed by atoms with Crippen molar-refractivity contribution in [2.45, 2.75) is 31.8 Å². The molecule has 0 aliphatic carbocycles. The molecule has 2 nitrogen and oxygen atoms in total. The second-order valence-corrected chi connectivity index (χ2v) is 4.13. The molecule has 86 valence electrons. The first-order valence-corrected chi connectivity index (χ1v) is 5.64. The van der Waals surface area contributed by atoms with Crippen LogP contribution in [0.2, 0.25) is 0 Å². The van der Waals surface area contributed by atoms with Crippen LogP contribution in [-0.4, -0.2) is 18.5 Å². The van der Waals surface area contributed by atoms with Gasteiger partial charge in [0.05, 0.1) is 0 Å². The molecule has 0 aromatic heterocycles. The number of hydrogen-bond donors (Lipinski definition) is 0. The summed E-state index contributed by atoms with van der Waals surface area (Å²) in [4.78, 5) is 11.8. The summed E-state index contributed by atoms with van der Waals surface area (Å²) >= 11 is 0. The smallest absolute Gasteiger partial charge is 0.165 e. The average Bonchev–Trinajstić information content (AvgIpc) is 2.30. The summed E-state index contributed by atoms with van der Waals surface area (Å²) in [5, 5.41) is 0. The largest absolute Gasteiger partial charge is 0.370 e. The molecule has 1 aromatic rings. The van der Waals surface area contributed by atoms with E-state index in [0.717, 1.165) is 24.8 Å². The highest BCUT2D eigenvalue weighted by molar-refractivity contribution is 5.85. The molecule has 1 unspecified atom stereocenters. The fraction of sp³-hybridized carbons (Fsp3) is 0.462. The van der Waals surface area contributed by atoms with Gasteiger partial charge in [0.15, 0.2) is 5.78 Å². The van der Waals surface area contributed by atoms with Gasteiger partial charge in [-0.3, -0.25) is 4.79 Å². The molecule has 0 bridgehead atoms. The van der Waals surface area contributed by atoms with Crippen molar-refractivity contribution < 1.29 is 13.9 Å². The molecule has 3 heteroatoms. The standard InChI is InChI=1S/C13H15FO2/c14-11-5-3-4-10(8-11)9-12(15)13-6-1-2-7-16-13/h3-5,8,13H,1-2,6-7,9H2. The minimum absolute atomic E-state index is 0.0605. The van der Waals surface area contributed by atoms with E-state index < -0.39 is 0 Å². The molecule has 1 atom stereocenters. The molecule has 0 amide bonds. The molecule has 16 heavy (non-hydrogen) atoms. The summed E-state index contributed by atoms with van der Waals surface area (Å²) in [7, 11) is 0. The van der Waals surface area contributed by atoms with Gasteiger partial charge in [0.1, 0.15) is 11.9 Å². The molecular formula is C13H15FO2. The van der Waals surface area contributed by atoms with Crippen LogP contribution in [0.4, 0.5) is 4.39 Å². The molecule has 1 saturated heterocycles. The van der Waals surface area contributed by atoms with E-state index in [-0.39, 0.29) is 24.1 Å². The van der Waals surface area contributed by atoms with Crippen molar-refractivity contribution in [3.05, 3.63) is 35.6 Å². The van der Waals surface area contributed by atoms with Gasteiger partial charge < -0.3 is 4.74 Å². The number of hydrogen-bond acceptors (Lipinski definition) is 2. The third-order valence-electron chi connectivity index (χ3n) is 2.81. The Kier molecular flexibility index (Phi) is 3.67. The van der Waals surface area contributed by atoms with Crippen molar-refractivity contribution in [2.24, 2.45) is 0 Å². The number of carbonyl (C=O) groups excluding carboxylic acids is 1. The van der Waals surface area contributed by atoms with Gasteiger partial charge in [0, 0.05) is 13.0 Å². The summed E-state index contributed by atoms with van der Waals surface area (Å²) < 4.78 is 18.3. The zero-order valence-electron chi connectivity index (χ0n) is 9.12. The number of carbonyl (C=O) groups is 1. The van der Waals surface area contributed by atoms with Gasteiger partial charge in [-0.2, -0.15) is 0 Å². The summed E-state index contributed by atoms with van der Waals surface area (Å²) in [5.74, 6) is -0.236. The van der Waals surface area contributed by atoms with Crippen LogP contribution in [0, 0.1) is 5.82 Å². The van der Waals surface area contributed by atoms with E-state index in [1.54, 1.807) is 12.1 Å². The third kappa shape index (κ3) is 2.89. The lowest BCUT2D eigenvalue weighted by molar-refractivity contribution is -0.132. The van der Waals surface area contributed by atoms with E-state index in [4.69, 9.17) is 4.74 Å². The maximum atomic E-state index is 12.9. The highest BCUT2D eigenvalue weighted by Crippen LogP contribution is 2.15. The quantitative estimate of drug-likeness (QED) is 0.785. The monoisotopic (exact) mass is 222 g/mol. The Bertz CT molecular complexity index is 370. The fourth-order valence-corrected chi connectivity index (χ4v) is 1.96. The van der Waals surface area contributed by atoms with Gasteiger partial charge in [-0.1, -0.05) is 12.1 Å². The summed E-state index contributed by atoms with van der Waals surface area (Å²) in [6.07, 6.45) is 2.86. The van der Waals surface area contributed by atoms with E-state index in [1.165, 1.54) is 12.1 Å². The molecule has 0 N–H and O–H groups in total. The van der Waals surface area contributed by atoms with Crippen LogP contribution in [0.25, 0.3) is 0 Å².